The third-order valence-electron chi connectivity index (χ3n) is 2.58. The molecule has 2 rings (SSSR count). The molecular formula is C13H18N2O4. The van der Waals surface area contributed by atoms with Crippen LogP contribution < -0.4 is 11.1 Å². The van der Waals surface area contributed by atoms with E-state index in [1.807, 2.05) is 12.1 Å². The van der Waals surface area contributed by atoms with Gasteiger partial charge < -0.3 is 25.3 Å². The summed E-state index contributed by atoms with van der Waals surface area (Å²) in [6.45, 7) is 2.02. The van der Waals surface area contributed by atoms with Crippen molar-refractivity contribution in [1.82, 2.24) is 0 Å². The first-order chi connectivity index (χ1) is 9.29. The van der Waals surface area contributed by atoms with Gasteiger partial charge >= 0.3 is 0 Å². The Balaban J connectivity index is 1.82. The Morgan fingerprint density at radius 2 is 2.00 bits per heavy atom. The van der Waals surface area contributed by atoms with Gasteiger partial charge in [0.25, 0.3) is 0 Å². The molecule has 104 valence electrons. The van der Waals surface area contributed by atoms with Crippen LogP contribution in [0, 0.1) is 0 Å². The number of benzene rings is 1. The molecule has 19 heavy (non-hydrogen) atoms. The van der Waals surface area contributed by atoms with Gasteiger partial charge in [0.1, 0.15) is 6.61 Å². The second-order valence-corrected chi connectivity index (χ2v) is 4.08. The van der Waals surface area contributed by atoms with Crippen molar-refractivity contribution in [2.24, 2.45) is 5.73 Å². The molecule has 1 fully saturated rings. The quantitative estimate of drug-likeness (QED) is 0.739. The number of carbonyl (C=O) groups excluding carboxylic acids is 1. The first-order valence-electron chi connectivity index (χ1n) is 6.20. The van der Waals surface area contributed by atoms with Crippen LogP contribution in [0.5, 0.6) is 0 Å². The number of nitrogens with one attached hydrogen (secondary N) is 1. The van der Waals surface area contributed by atoms with Crippen LogP contribution >= 0.6 is 0 Å². The summed E-state index contributed by atoms with van der Waals surface area (Å²) in [7, 11) is 0. The fourth-order valence-electron chi connectivity index (χ4n) is 1.72. The summed E-state index contributed by atoms with van der Waals surface area (Å²) in [5.74, 6) is -0.199. The Labute approximate surface area is 111 Å². The van der Waals surface area contributed by atoms with Gasteiger partial charge in [0.05, 0.1) is 19.8 Å². The molecule has 1 aromatic carbocycles. The minimum Gasteiger partial charge on any atom is -0.370 e. The normalized spacial score (nSPS) is 15.6. The van der Waals surface area contributed by atoms with E-state index in [0.717, 1.165) is 5.56 Å². The predicted molar refractivity (Wildman–Crippen MR) is 69.6 cm³/mol. The topological polar surface area (TPSA) is 82.8 Å². The molecule has 6 nitrogen and oxygen atoms in total. The van der Waals surface area contributed by atoms with Gasteiger partial charge in [-0.3, -0.25) is 4.79 Å². The van der Waals surface area contributed by atoms with Crippen LogP contribution in [-0.2, 0) is 19.0 Å². The Morgan fingerprint density at radius 1 is 1.32 bits per heavy atom. The second-order valence-electron chi connectivity index (χ2n) is 4.08. The Bertz CT molecular complexity index is 402. The highest BCUT2D eigenvalue weighted by Crippen LogP contribution is 2.24. The summed E-state index contributed by atoms with van der Waals surface area (Å²) in [6.07, 6.45) is -0.294. The van der Waals surface area contributed by atoms with Crippen molar-refractivity contribution in [2.75, 3.05) is 38.3 Å². The Hall–Kier alpha value is -1.47. The highest BCUT2D eigenvalue weighted by molar-refractivity contribution is 5.91. The maximum Gasteiger partial charge on any atom is 0.250 e. The summed E-state index contributed by atoms with van der Waals surface area (Å²) < 4.78 is 15.8. The van der Waals surface area contributed by atoms with E-state index in [4.69, 9.17) is 19.9 Å². The van der Waals surface area contributed by atoms with E-state index in [-0.39, 0.29) is 18.8 Å². The number of nitrogens with two attached hydrogens (primary N) is 1. The molecule has 1 aliphatic rings. The number of hydrogen-bond acceptors (Lipinski definition) is 5. The van der Waals surface area contributed by atoms with E-state index in [1.54, 1.807) is 12.1 Å². The van der Waals surface area contributed by atoms with Crippen LogP contribution in [0.3, 0.4) is 0 Å². The van der Waals surface area contributed by atoms with Crippen LogP contribution in [0.2, 0.25) is 0 Å². The second kappa shape index (κ2) is 7.20. The fourth-order valence-corrected chi connectivity index (χ4v) is 1.72. The number of amides is 1. The number of anilines is 1. The van der Waals surface area contributed by atoms with Gasteiger partial charge in [-0.1, -0.05) is 12.1 Å². The van der Waals surface area contributed by atoms with E-state index in [0.29, 0.717) is 32.1 Å². The van der Waals surface area contributed by atoms with Gasteiger partial charge in [-0.25, -0.2) is 0 Å². The van der Waals surface area contributed by atoms with Gasteiger partial charge in [-0.15, -0.1) is 0 Å². The summed E-state index contributed by atoms with van der Waals surface area (Å²) in [6, 6.07) is 7.35. The lowest BCUT2D eigenvalue weighted by molar-refractivity contribution is -0.120. The largest absolute Gasteiger partial charge is 0.370 e. The zero-order valence-electron chi connectivity index (χ0n) is 10.6. The molecule has 0 spiro atoms. The molecular weight excluding hydrogens is 248 g/mol. The van der Waals surface area contributed by atoms with Crippen molar-refractivity contribution in [2.45, 2.75) is 6.29 Å². The smallest absolute Gasteiger partial charge is 0.250 e. The molecule has 0 atom stereocenters. The van der Waals surface area contributed by atoms with Gasteiger partial charge in [-0.2, -0.15) is 0 Å². The molecule has 1 amide bonds. The highest BCUT2D eigenvalue weighted by atomic mass is 16.7. The maximum atomic E-state index is 11.5. The molecule has 0 bridgehead atoms. The van der Waals surface area contributed by atoms with Crippen molar-refractivity contribution < 1.29 is 19.0 Å². The molecule has 0 aliphatic carbocycles. The third-order valence-corrected chi connectivity index (χ3v) is 2.58. The molecule has 1 heterocycles. The van der Waals surface area contributed by atoms with Gasteiger partial charge in [0.2, 0.25) is 5.91 Å². The zero-order chi connectivity index (χ0) is 13.5. The lowest BCUT2D eigenvalue weighted by atomic mass is 10.2. The number of rotatable bonds is 6. The highest BCUT2D eigenvalue weighted by Gasteiger charge is 2.17. The van der Waals surface area contributed by atoms with Crippen LogP contribution in [0.25, 0.3) is 0 Å². The fraction of sp³-hybridized carbons (Fsp3) is 0.462. The van der Waals surface area contributed by atoms with Crippen LogP contribution in [0.1, 0.15) is 11.9 Å². The molecule has 0 radical (unpaired) electrons. The average molecular weight is 266 g/mol. The van der Waals surface area contributed by atoms with Gasteiger partial charge in [0.15, 0.2) is 6.29 Å². The lowest BCUT2D eigenvalue weighted by Gasteiger charge is -2.10. The summed E-state index contributed by atoms with van der Waals surface area (Å²) in [5.41, 5.74) is 6.91. The van der Waals surface area contributed by atoms with Crippen LogP contribution in [0.4, 0.5) is 5.69 Å². The summed E-state index contributed by atoms with van der Waals surface area (Å²) >= 11 is 0. The summed E-state index contributed by atoms with van der Waals surface area (Å²) in [4.78, 5) is 11.5. The molecule has 0 saturated carbocycles. The van der Waals surface area contributed by atoms with E-state index < -0.39 is 0 Å². The third kappa shape index (κ3) is 4.29. The molecule has 0 unspecified atom stereocenters. The molecule has 3 N–H and O–H groups in total. The SMILES string of the molecule is NCCOCC(=O)Nc1ccc(C2OCCO2)cc1. The van der Waals surface area contributed by atoms with E-state index in [9.17, 15) is 4.79 Å². The van der Waals surface area contributed by atoms with E-state index in [2.05, 4.69) is 5.32 Å². The van der Waals surface area contributed by atoms with Crippen molar-refractivity contribution in [1.29, 1.82) is 0 Å². The van der Waals surface area contributed by atoms with Gasteiger partial charge in [-0.05, 0) is 12.1 Å². The molecule has 0 aromatic heterocycles. The van der Waals surface area contributed by atoms with Crippen molar-refractivity contribution in [3.05, 3.63) is 29.8 Å². The van der Waals surface area contributed by atoms with Gasteiger partial charge in [0, 0.05) is 17.8 Å². The minimum absolute atomic E-state index is 0.00774. The Kier molecular flexibility index (Phi) is 5.29. The molecule has 1 saturated heterocycles. The first kappa shape index (κ1) is 14.0. The zero-order valence-corrected chi connectivity index (χ0v) is 10.6. The van der Waals surface area contributed by atoms with Crippen molar-refractivity contribution in [3.8, 4) is 0 Å². The monoisotopic (exact) mass is 266 g/mol. The first-order valence-corrected chi connectivity index (χ1v) is 6.20. The number of hydrogen-bond donors (Lipinski definition) is 2. The van der Waals surface area contributed by atoms with E-state index in [1.165, 1.54) is 0 Å². The standard InChI is InChI=1S/C13H18N2O4/c14-5-6-17-9-12(16)15-11-3-1-10(2-4-11)13-18-7-8-19-13/h1-4,13H,5-9,14H2,(H,15,16). The maximum absolute atomic E-state index is 11.5. The minimum atomic E-state index is -0.294. The lowest BCUT2D eigenvalue weighted by Crippen LogP contribution is -2.20. The number of carbonyl (C=O) groups is 1. The molecule has 1 aliphatic heterocycles. The molecule has 6 heteroatoms. The summed E-state index contributed by atoms with van der Waals surface area (Å²) in [5, 5.41) is 2.73. The predicted octanol–water partition coefficient (Wildman–Crippen LogP) is 0.646. The van der Waals surface area contributed by atoms with Crippen molar-refractivity contribution >= 4 is 11.6 Å². The Morgan fingerprint density at radius 3 is 2.63 bits per heavy atom. The average Bonchev–Trinajstić information content (AvgIpc) is 2.94. The molecule has 1 aromatic rings. The van der Waals surface area contributed by atoms with E-state index >= 15 is 0 Å². The van der Waals surface area contributed by atoms with Crippen LogP contribution in [0.15, 0.2) is 24.3 Å². The van der Waals surface area contributed by atoms with Crippen molar-refractivity contribution in [3.63, 3.8) is 0 Å². The van der Waals surface area contributed by atoms with Crippen LogP contribution in [-0.4, -0.2) is 38.9 Å². The number of ether oxygens (including phenoxy) is 3.